The van der Waals surface area contributed by atoms with Crippen molar-refractivity contribution in [2.45, 2.75) is 44.7 Å². The molecular weight excluding hydrogens is 432 g/mol. The highest BCUT2D eigenvalue weighted by molar-refractivity contribution is 7.89. The van der Waals surface area contributed by atoms with Crippen LogP contribution in [0.1, 0.15) is 33.3 Å². The summed E-state index contributed by atoms with van der Waals surface area (Å²) in [6, 6.07) is 4.18. The fourth-order valence-corrected chi connectivity index (χ4v) is 5.18. The number of aliphatic hydroxyl groups is 1. The number of likely N-dealkylation sites (N-methyl/N-ethyl adjacent to an activating group) is 1. The average molecular weight is 467 g/mol. The summed E-state index contributed by atoms with van der Waals surface area (Å²) in [5.41, 5.74) is 0.644. The molecule has 0 saturated heterocycles. The van der Waals surface area contributed by atoms with Crippen LogP contribution >= 0.6 is 0 Å². The second kappa shape index (κ2) is 11.1. The Morgan fingerprint density at radius 1 is 1.38 bits per heavy atom. The number of rotatable bonds is 6. The summed E-state index contributed by atoms with van der Waals surface area (Å²) in [6.07, 6.45) is -0.475. The van der Waals surface area contributed by atoms with E-state index in [1.165, 1.54) is 22.4 Å². The number of amides is 1. The molecule has 8 nitrogen and oxygen atoms in total. The molecule has 0 bridgehead atoms. The summed E-state index contributed by atoms with van der Waals surface area (Å²) >= 11 is 0. The molecule has 1 heterocycles. The maximum Gasteiger partial charge on any atom is 0.248 e. The highest BCUT2D eigenvalue weighted by atomic mass is 32.2. The molecule has 2 rings (SSSR count). The van der Waals surface area contributed by atoms with E-state index in [1.54, 1.807) is 26.1 Å². The van der Waals surface area contributed by atoms with Gasteiger partial charge < -0.3 is 19.5 Å². The van der Waals surface area contributed by atoms with Crippen LogP contribution < -0.4 is 4.74 Å². The van der Waals surface area contributed by atoms with Crippen molar-refractivity contribution in [3.05, 3.63) is 23.8 Å². The number of carbonyl (C=O) groups is 1. The molecule has 1 aromatic carbocycles. The number of hydrogen-bond donors (Lipinski definition) is 1. The Morgan fingerprint density at radius 2 is 2.06 bits per heavy atom. The summed E-state index contributed by atoms with van der Waals surface area (Å²) in [6.45, 7) is 7.53. The summed E-state index contributed by atoms with van der Waals surface area (Å²) in [7, 11) is -0.799. The van der Waals surface area contributed by atoms with E-state index in [-0.39, 0.29) is 54.7 Å². The molecule has 1 N–H and O–H groups in total. The molecular formula is C23H34N2O6S. The molecule has 1 aromatic rings. The van der Waals surface area contributed by atoms with Crippen molar-refractivity contribution >= 4 is 15.9 Å². The molecule has 0 aromatic heterocycles. The summed E-state index contributed by atoms with van der Waals surface area (Å²) in [5.74, 6) is 6.02. The highest BCUT2D eigenvalue weighted by Crippen LogP contribution is 2.34. The lowest BCUT2D eigenvalue weighted by Crippen LogP contribution is -2.50. The Morgan fingerprint density at radius 3 is 2.66 bits per heavy atom. The van der Waals surface area contributed by atoms with Gasteiger partial charge in [-0.15, -0.1) is 0 Å². The molecule has 32 heavy (non-hydrogen) atoms. The van der Waals surface area contributed by atoms with Crippen LogP contribution in [0.3, 0.4) is 0 Å². The molecule has 1 aliphatic heterocycles. The van der Waals surface area contributed by atoms with Crippen LogP contribution in [-0.2, 0) is 19.6 Å². The smallest absolute Gasteiger partial charge is 0.248 e. The Labute approximate surface area is 191 Å². The van der Waals surface area contributed by atoms with Gasteiger partial charge in [0.25, 0.3) is 0 Å². The van der Waals surface area contributed by atoms with E-state index in [1.807, 2.05) is 20.8 Å². The first-order valence-corrected chi connectivity index (χ1v) is 12.1. The summed E-state index contributed by atoms with van der Waals surface area (Å²) in [5, 5.41) is 9.70. The number of ether oxygens (including phenoxy) is 2. The van der Waals surface area contributed by atoms with Crippen LogP contribution in [0.5, 0.6) is 5.75 Å². The van der Waals surface area contributed by atoms with Gasteiger partial charge in [0.05, 0.1) is 13.2 Å². The van der Waals surface area contributed by atoms with E-state index in [4.69, 9.17) is 9.47 Å². The maximum atomic E-state index is 13.4. The van der Waals surface area contributed by atoms with Crippen molar-refractivity contribution in [2.24, 2.45) is 11.8 Å². The quantitative estimate of drug-likeness (QED) is 0.640. The molecule has 9 heteroatoms. The standard InChI is InChI=1S/C23H34N2O6S/c1-16(2)7-8-19-9-10-22-20(11-19)31-21(13-24(5)23(27)15-30-6)17(3)12-25(18(4)14-26)32(22,28)29/h9-11,16-18,21,26H,12-15H2,1-6H3/t17-,18+,21-/m1/s1. The molecule has 3 atom stereocenters. The zero-order valence-electron chi connectivity index (χ0n) is 19.7. The van der Waals surface area contributed by atoms with Crippen molar-refractivity contribution in [1.29, 1.82) is 0 Å². The van der Waals surface area contributed by atoms with Crippen molar-refractivity contribution < 1.29 is 27.8 Å². The third-order valence-corrected chi connectivity index (χ3v) is 7.34. The van der Waals surface area contributed by atoms with Gasteiger partial charge in [-0.1, -0.05) is 32.6 Å². The normalized spacial score (nSPS) is 21.4. The lowest BCUT2D eigenvalue weighted by molar-refractivity contribution is -0.135. The number of carbonyl (C=O) groups excluding carboxylic acids is 1. The Kier molecular flexibility index (Phi) is 9.10. The van der Waals surface area contributed by atoms with E-state index in [0.717, 1.165) is 0 Å². The van der Waals surface area contributed by atoms with Crippen LogP contribution in [0.25, 0.3) is 0 Å². The molecule has 0 radical (unpaired) electrons. The predicted octanol–water partition coefficient (Wildman–Crippen LogP) is 1.57. The van der Waals surface area contributed by atoms with E-state index in [0.29, 0.717) is 5.56 Å². The SMILES string of the molecule is COCC(=O)N(C)C[C@H]1Oc2cc(C#CC(C)C)ccc2S(=O)(=O)N([C@@H](C)CO)C[C@H]1C. The fraction of sp³-hybridized carbons (Fsp3) is 0.609. The minimum atomic E-state index is -3.91. The summed E-state index contributed by atoms with van der Waals surface area (Å²) in [4.78, 5) is 13.8. The van der Waals surface area contributed by atoms with Crippen molar-refractivity contribution in [1.82, 2.24) is 9.21 Å². The number of fused-ring (bicyclic) bond motifs is 1. The van der Waals surface area contributed by atoms with Gasteiger partial charge in [0.1, 0.15) is 23.4 Å². The first-order chi connectivity index (χ1) is 15.0. The van der Waals surface area contributed by atoms with Crippen molar-refractivity contribution in [3.8, 4) is 17.6 Å². The topological polar surface area (TPSA) is 96.4 Å². The van der Waals surface area contributed by atoms with Crippen LogP contribution in [0, 0.1) is 23.7 Å². The van der Waals surface area contributed by atoms with Gasteiger partial charge in [-0.3, -0.25) is 4.79 Å². The number of aliphatic hydroxyl groups excluding tert-OH is 1. The molecule has 178 valence electrons. The molecule has 0 saturated carbocycles. The van der Waals surface area contributed by atoms with Gasteiger partial charge in [-0.2, -0.15) is 4.31 Å². The number of hydrogen-bond acceptors (Lipinski definition) is 6. The highest BCUT2D eigenvalue weighted by Gasteiger charge is 2.38. The minimum Gasteiger partial charge on any atom is -0.487 e. The third kappa shape index (κ3) is 6.23. The van der Waals surface area contributed by atoms with Gasteiger partial charge in [0.2, 0.25) is 15.9 Å². The zero-order valence-corrected chi connectivity index (χ0v) is 20.5. The van der Waals surface area contributed by atoms with Gasteiger partial charge in [-0.05, 0) is 25.1 Å². The largest absolute Gasteiger partial charge is 0.487 e. The van der Waals surface area contributed by atoms with E-state index >= 15 is 0 Å². The van der Waals surface area contributed by atoms with Crippen LogP contribution in [0.15, 0.2) is 23.1 Å². The second-order valence-corrected chi connectivity index (χ2v) is 10.4. The van der Waals surface area contributed by atoms with Gasteiger partial charge in [0, 0.05) is 44.1 Å². The fourth-order valence-electron chi connectivity index (χ4n) is 3.35. The van der Waals surface area contributed by atoms with Crippen LogP contribution in [0.2, 0.25) is 0 Å². The van der Waals surface area contributed by atoms with Gasteiger partial charge in [-0.25, -0.2) is 8.42 Å². The Balaban J connectivity index is 2.55. The van der Waals surface area contributed by atoms with Crippen molar-refractivity contribution in [3.63, 3.8) is 0 Å². The molecule has 1 amide bonds. The zero-order chi connectivity index (χ0) is 24.1. The lowest BCUT2D eigenvalue weighted by atomic mass is 10.0. The molecule has 1 aliphatic rings. The lowest BCUT2D eigenvalue weighted by Gasteiger charge is -2.37. The minimum absolute atomic E-state index is 0.0238. The van der Waals surface area contributed by atoms with Gasteiger partial charge >= 0.3 is 0 Å². The third-order valence-electron chi connectivity index (χ3n) is 5.32. The first-order valence-electron chi connectivity index (χ1n) is 10.7. The van der Waals surface area contributed by atoms with Crippen LogP contribution in [-0.4, -0.2) is 81.2 Å². The van der Waals surface area contributed by atoms with E-state index in [9.17, 15) is 18.3 Å². The number of nitrogens with zero attached hydrogens (tertiary/aromatic N) is 2. The maximum absolute atomic E-state index is 13.4. The molecule has 0 aliphatic carbocycles. The average Bonchev–Trinajstić information content (AvgIpc) is 2.74. The number of methoxy groups -OCH3 is 1. The first kappa shape index (κ1) is 26.1. The van der Waals surface area contributed by atoms with E-state index in [2.05, 4.69) is 11.8 Å². The number of sulfonamides is 1. The monoisotopic (exact) mass is 466 g/mol. The predicted molar refractivity (Wildman–Crippen MR) is 122 cm³/mol. The van der Waals surface area contributed by atoms with Gasteiger partial charge in [0.15, 0.2) is 0 Å². The second-order valence-electron chi connectivity index (χ2n) is 8.53. The number of benzene rings is 1. The Bertz CT molecular complexity index is 966. The van der Waals surface area contributed by atoms with E-state index < -0.39 is 22.2 Å². The molecule has 0 unspecified atom stereocenters. The Hall–Kier alpha value is -2.12. The van der Waals surface area contributed by atoms with Crippen molar-refractivity contribution in [2.75, 3.05) is 40.5 Å². The summed E-state index contributed by atoms with van der Waals surface area (Å²) < 4.78 is 39.3. The van der Waals surface area contributed by atoms with Crippen LogP contribution in [0.4, 0.5) is 0 Å². The molecule has 0 fully saturated rings. The molecule has 0 spiro atoms.